The molecule has 1 amide bonds. The summed E-state index contributed by atoms with van der Waals surface area (Å²) in [6.07, 6.45) is 1.55. The Kier molecular flexibility index (Phi) is 6.36. The summed E-state index contributed by atoms with van der Waals surface area (Å²) < 4.78 is 27.6. The summed E-state index contributed by atoms with van der Waals surface area (Å²) in [4.78, 5) is 13.7. The Bertz CT molecular complexity index is 494. The molecule has 2 N–H and O–H groups in total. The molecule has 1 aliphatic rings. The summed E-state index contributed by atoms with van der Waals surface area (Å²) in [6.45, 7) is 1.57. The Hall–Kier alpha value is -0.720. The SMILES string of the molecule is Cl.NCC1CCN(C(=O)c2c(F)ccc(Br)c2F)CC1. The van der Waals surface area contributed by atoms with Gasteiger partial charge in [0.1, 0.15) is 11.4 Å². The second kappa shape index (κ2) is 7.33. The van der Waals surface area contributed by atoms with E-state index in [0.29, 0.717) is 25.6 Å². The molecule has 1 aliphatic heterocycles. The molecule has 1 fully saturated rings. The van der Waals surface area contributed by atoms with Crippen LogP contribution in [-0.4, -0.2) is 30.4 Å². The maximum absolute atomic E-state index is 13.9. The lowest BCUT2D eigenvalue weighted by Crippen LogP contribution is -2.40. The van der Waals surface area contributed by atoms with Crippen molar-refractivity contribution in [3.63, 3.8) is 0 Å². The molecule has 2 rings (SSSR count). The number of rotatable bonds is 2. The number of carbonyl (C=O) groups excluding carboxylic acids is 1. The first-order valence-corrected chi connectivity index (χ1v) is 6.96. The molecule has 0 spiro atoms. The summed E-state index contributed by atoms with van der Waals surface area (Å²) in [5.41, 5.74) is 5.09. The predicted molar refractivity (Wildman–Crippen MR) is 79.0 cm³/mol. The van der Waals surface area contributed by atoms with E-state index < -0.39 is 23.1 Å². The highest BCUT2D eigenvalue weighted by Gasteiger charge is 2.27. The summed E-state index contributed by atoms with van der Waals surface area (Å²) in [5.74, 6) is -1.87. The van der Waals surface area contributed by atoms with Gasteiger partial charge in [-0.3, -0.25) is 4.79 Å². The number of carbonyl (C=O) groups is 1. The quantitative estimate of drug-likeness (QED) is 0.815. The number of likely N-dealkylation sites (tertiary alicyclic amines) is 1. The van der Waals surface area contributed by atoms with Gasteiger partial charge in [-0.2, -0.15) is 0 Å². The van der Waals surface area contributed by atoms with E-state index in [4.69, 9.17) is 5.73 Å². The molecule has 1 saturated heterocycles. The molecule has 7 heteroatoms. The molecule has 0 aromatic heterocycles. The molecule has 112 valence electrons. The van der Waals surface area contributed by atoms with Crippen LogP contribution in [0.25, 0.3) is 0 Å². The van der Waals surface area contributed by atoms with Gasteiger partial charge in [-0.15, -0.1) is 12.4 Å². The fraction of sp³-hybridized carbons (Fsp3) is 0.462. The largest absolute Gasteiger partial charge is 0.338 e. The van der Waals surface area contributed by atoms with Crippen LogP contribution in [0.15, 0.2) is 16.6 Å². The molecule has 3 nitrogen and oxygen atoms in total. The minimum atomic E-state index is -0.842. The molecule has 0 radical (unpaired) electrons. The fourth-order valence-corrected chi connectivity index (χ4v) is 2.58. The Morgan fingerprint density at radius 1 is 1.35 bits per heavy atom. The number of benzene rings is 1. The van der Waals surface area contributed by atoms with Gasteiger partial charge >= 0.3 is 0 Å². The van der Waals surface area contributed by atoms with Crippen molar-refractivity contribution in [2.45, 2.75) is 12.8 Å². The van der Waals surface area contributed by atoms with Gasteiger partial charge in [0.2, 0.25) is 0 Å². The number of nitrogens with zero attached hydrogens (tertiary/aromatic N) is 1. The van der Waals surface area contributed by atoms with Crippen LogP contribution in [0, 0.1) is 17.6 Å². The zero-order valence-corrected chi connectivity index (χ0v) is 13.1. The van der Waals surface area contributed by atoms with Gasteiger partial charge in [-0.1, -0.05) is 0 Å². The van der Waals surface area contributed by atoms with Crippen LogP contribution in [0.2, 0.25) is 0 Å². The average molecular weight is 370 g/mol. The van der Waals surface area contributed by atoms with Crippen LogP contribution in [0.1, 0.15) is 23.2 Å². The van der Waals surface area contributed by atoms with Crippen LogP contribution < -0.4 is 5.73 Å². The fourth-order valence-electron chi connectivity index (χ4n) is 2.25. The summed E-state index contributed by atoms with van der Waals surface area (Å²) >= 11 is 2.96. The third kappa shape index (κ3) is 3.48. The molecule has 0 unspecified atom stereocenters. The number of hydrogen-bond donors (Lipinski definition) is 1. The van der Waals surface area contributed by atoms with Crippen molar-refractivity contribution in [3.05, 3.63) is 33.8 Å². The van der Waals surface area contributed by atoms with E-state index in [1.165, 1.54) is 11.0 Å². The molecule has 0 aliphatic carbocycles. The van der Waals surface area contributed by atoms with E-state index in [9.17, 15) is 13.6 Å². The van der Waals surface area contributed by atoms with Gasteiger partial charge < -0.3 is 10.6 Å². The average Bonchev–Trinajstić information content (AvgIpc) is 2.43. The van der Waals surface area contributed by atoms with Crippen LogP contribution in [0.4, 0.5) is 8.78 Å². The lowest BCUT2D eigenvalue weighted by molar-refractivity contribution is 0.0683. The standard InChI is InChI=1S/C13H15BrF2N2O.ClH/c14-9-1-2-10(15)11(12(9)16)13(19)18-5-3-8(7-17)4-6-18;/h1-2,8H,3-7,17H2;1H. The third-order valence-electron chi connectivity index (χ3n) is 3.49. The van der Waals surface area contributed by atoms with Crippen molar-refractivity contribution in [1.29, 1.82) is 0 Å². The molecule has 0 bridgehead atoms. The van der Waals surface area contributed by atoms with Crippen LogP contribution in [-0.2, 0) is 0 Å². The number of amides is 1. The number of nitrogens with two attached hydrogens (primary N) is 1. The second-order valence-electron chi connectivity index (χ2n) is 4.69. The molecule has 1 aromatic rings. The van der Waals surface area contributed by atoms with E-state index in [-0.39, 0.29) is 16.9 Å². The second-order valence-corrected chi connectivity index (χ2v) is 5.54. The van der Waals surface area contributed by atoms with Crippen molar-refractivity contribution in [2.24, 2.45) is 11.7 Å². The first kappa shape index (κ1) is 17.3. The summed E-state index contributed by atoms with van der Waals surface area (Å²) in [6, 6.07) is 2.34. The lowest BCUT2D eigenvalue weighted by atomic mass is 9.96. The molecular weight excluding hydrogens is 354 g/mol. The minimum Gasteiger partial charge on any atom is -0.338 e. The summed E-state index contributed by atoms with van der Waals surface area (Å²) in [5, 5.41) is 0. The monoisotopic (exact) mass is 368 g/mol. The van der Waals surface area contributed by atoms with Gasteiger partial charge in [-0.05, 0) is 53.4 Å². The van der Waals surface area contributed by atoms with E-state index in [2.05, 4.69) is 15.9 Å². The van der Waals surface area contributed by atoms with E-state index in [0.717, 1.165) is 18.9 Å². The highest BCUT2D eigenvalue weighted by molar-refractivity contribution is 9.10. The van der Waals surface area contributed by atoms with E-state index in [1.807, 2.05) is 0 Å². The van der Waals surface area contributed by atoms with Crippen LogP contribution in [0.5, 0.6) is 0 Å². The maximum atomic E-state index is 13.9. The number of piperidine rings is 1. The first-order valence-electron chi connectivity index (χ1n) is 6.17. The Labute approximate surface area is 131 Å². The van der Waals surface area contributed by atoms with Gasteiger partial charge in [0.25, 0.3) is 5.91 Å². The highest BCUT2D eigenvalue weighted by atomic mass is 79.9. The zero-order chi connectivity index (χ0) is 14.0. The van der Waals surface area contributed by atoms with Crippen molar-refractivity contribution >= 4 is 34.2 Å². The number of halogens is 4. The normalized spacial score (nSPS) is 15.9. The molecule has 1 heterocycles. The Morgan fingerprint density at radius 3 is 2.50 bits per heavy atom. The Balaban J connectivity index is 0.00000200. The Morgan fingerprint density at radius 2 is 1.95 bits per heavy atom. The zero-order valence-electron chi connectivity index (χ0n) is 10.7. The van der Waals surface area contributed by atoms with Gasteiger partial charge in [0, 0.05) is 13.1 Å². The molecule has 1 aromatic carbocycles. The van der Waals surface area contributed by atoms with Crippen molar-refractivity contribution < 1.29 is 13.6 Å². The van der Waals surface area contributed by atoms with Gasteiger partial charge in [0.15, 0.2) is 5.82 Å². The topological polar surface area (TPSA) is 46.3 Å². The van der Waals surface area contributed by atoms with E-state index >= 15 is 0 Å². The van der Waals surface area contributed by atoms with Crippen LogP contribution in [0.3, 0.4) is 0 Å². The predicted octanol–water partition coefficient (Wildman–Crippen LogP) is 2.96. The molecular formula is C13H16BrClF2N2O. The highest BCUT2D eigenvalue weighted by Crippen LogP contribution is 2.25. The molecule has 20 heavy (non-hydrogen) atoms. The smallest absolute Gasteiger partial charge is 0.259 e. The summed E-state index contributed by atoms with van der Waals surface area (Å²) in [7, 11) is 0. The molecule has 0 atom stereocenters. The first-order chi connectivity index (χ1) is 9.04. The van der Waals surface area contributed by atoms with Crippen LogP contribution >= 0.6 is 28.3 Å². The maximum Gasteiger partial charge on any atom is 0.259 e. The van der Waals surface area contributed by atoms with E-state index in [1.54, 1.807) is 0 Å². The third-order valence-corrected chi connectivity index (χ3v) is 4.11. The minimum absolute atomic E-state index is 0. The number of hydrogen-bond acceptors (Lipinski definition) is 2. The molecule has 0 saturated carbocycles. The lowest BCUT2D eigenvalue weighted by Gasteiger charge is -2.31. The van der Waals surface area contributed by atoms with Gasteiger partial charge in [-0.25, -0.2) is 8.78 Å². The van der Waals surface area contributed by atoms with Crippen molar-refractivity contribution in [2.75, 3.05) is 19.6 Å². The van der Waals surface area contributed by atoms with Gasteiger partial charge in [0.05, 0.1) is 4.47 Å². The van der Waals surface area contributed by atoms with Crippen molar-refractivity contribution in [3.8, 4) is 0 Å². The van der Waals surface area contributed by atoms with Crippen molar-refractivity contribution in [1.82, 2.24) is 4.90 Å².